The van der Waals surface area contributed by atoms with Crippen molar-refractivity contribution in [3.8, 4) is 5.82 Å². The van der Waals surface area contributed by atoms with Crippen molar-refractivity contribution in [2.75, 3.05) is 19.6 Å². The van der Waals surface area contributed by atoms with Gasteiger partial charge in [0.15, 0.2) is 5.82 Å². The van der Waals surface area contributed by atoms with Crippen LogP contribution in [0.5, 0.6) is 0 Å². The number of aromatic nitrogens is 4. The summed E-state index contributed by atoms with van der Waals surface area (Å²) in [5, 5.41) is 0. The highest BCUT2D eigenvalue weighted by atomic mass is 16.2. The van der Waals surface area contributed by atoms with Crippen molar-refractivity contribution >= 4 is 5.91 Å². The van der Waals surface area contributed by atoms with Crippen LogP contribution < -0.4 is 0 Å². The molecular formula is C23H26N6O. The molecule has 0 unspecified atom stereocenters. The van der Waals surface area contributed by atoms with Gasteiger partial charge in [0, 0.05) is 31.0 Å². The SMILES string of the molecule is O=C(c1ccc(CN2CCCC2)cc1)N1CCC[C@H]1c1cncc(-n2ccnc2)n1. The molecule has 1 atom stereocenters. The molecule has 0 N–H and O–H groups in total. The molecule has 154 valence electrons. The Hall–Kier alpha value is -3.06. The van der Waals surface area contributed by atoms with Gasteiger partial charge in [-0.2, -0.15) is 0 Å². The molecule has 5 rings (SSSR count). The van der Waals surface area contributed by atoms with Gasteiger partial charge in [-0.05, 0) is 56.5 Å². The van der Waals surface area contributed by atoms with Crippen molar-refractivity contribution in [3.05, 3.63) is 72.2 Å². The standard InChI is InChI=1S/C23H26N6O/c30-23(19-7-5-18(6-8-19)16-27-10-1-2-11-27)29-12-3-4-21(29)20-14-25-15-22(26-20)28-13-9-24-17-28/h5-9,13-15,17,21H,1-4,10-12,16H2/t21-/m0/s1. The van der Waals surface area contributed by atoms with Gasteiger partial charge in [-0.15, -0.1) is 0 Å². The summed E-state index contributed by atoms with van der Waals surface area (Å²) in [6, 6.07) is 8.08. The van der Waals surface area contributed by atoms with Crippen LogP contribution in [-0.2, 0) is 6.54 Å². The topological polar surface area (TPSA) is 67.2 Å². The van der Waals surface area contributed by atoms with Crippen molar-refractivity contribution in [2.24, 2.45) is 0 Å². The lowest BCUT2D eigenvalue weighted by molar-refractivity contribution is 0.0732. The van der Waals surface area contributed by atoms with Crippen LogP contribution in [0.25, 0.3) is 5.82 Å². The normalized spacial score (nSPS) is 19.5. The maximum Gasteiger partial charge on any atom is 0.254 e. The molecule has 2 saturated heterocycles. The van der Waals surface area contributed by atoms with Gasteiger partial charge in [-0.25, -0.2) is 9.97 Å². The third-order valence-electron chi connectivity index (χ3n) is 6.07. The fraction of sp³-hybridized carbons (Fsp3) is 0.391. The highest BCUT2D eigenvalue weighted by molar-refractivity contribution is 5.94. The summed E-state index contributed by atoms with van der Waals surface area (Å²) in [5.74, 6) is 0.788. The predicted octanol–water partition coefficient (Wildman–Crippen LogP) is 3.24. The van der Waals surface area contributed by atoms with E-state index in [0.29, 0.717) is 0 Å². The maximum absolute atomic E-state index is 13.3. The molecule has 2 aromatic heterocycles. The zero-order valence-electron chi connectivity index (χ0n) is 17.0. The molecule has 2 aliphatic heterocycles. The van der Waals surface area contributed by atoms with Crippen LogP contribution in [0.2, 0.25) is 0 Å². The number of imidazole rings is 1. The zero-order valence-corrected chi connectivity index (χ0v) is 17.0. The first-order valence-electron chi connectivity index (χ1n) is 10.7. The van der Waals surface area contributed by atoms with E-state index in [1.165, 1.54) is 31.5 Å². The minimum atomic E-state index is -0.0438. The Kier molecular flexibility index (Phi) is 5.27. The number of likely N-dealkylation sites (tertiary alicyclic amines) is 2. The highest BCUT2D eigenvalue weighted by Crippen LogP contribution is 2.32. The molecule has 0 aliphatic carbocycles. The van der Waals surface area contributed by atoms with Crippen molar-refractivity contribution in [1.82, 2.24) is 29.3 Å². The first-order valence-corrected chi connectivity index (χ1v) is 10.7. The van der Waals surface area contributed by atoms with Crippen molar-refractivity contribution in [1.29, 1.82) is 0 Å². The number of hydrogen-bond donors (Lipinski definition) is 0. The summed E-state index contributed by atoms with van der Waals surface area (Å²) < 4.78 is 1.83. The predicted molar refractivity (Wildman–Crippen MR) is 113 cm³/mol. The van der Waals surface area contributed by atoms with Gasteiger partial charge in [-0.1, -0.05) is 12.1 Å². The third kappa shape index (κ3) is 3.85. The second kappa shape index (κ2) is 8.36. The Balaban J connectivity index is 1.32. The molecule has 30 heavy (non-hydrogen) atoms. The Morgan fingerprint density at radius 3 is 2.60 bits per heavy atom. The van der Waals surface area contributed by atoms with Gasteiger partial charge in [0.1, 0.15) is 6.33 Å². The molecule has 3 aromatic rings. The monoisotopic (exact) mass is 402 g/mol. The average molecular weight is 403 g/mol. The molecule has 0 spiro atoms. The number of hydrogen-bond acceptors (Lipinski definition) is 5. The van der Waals surface area contributed by atoms with Crippen molar-refractivity contribution in [2.45, 2.75) is 38.3 Å². The number of nitrogens with zero attached hydrogens (tertiary/aromatic N) is 6. The number of carbonyl (C=O) groups is 1. The summed E-state index contributed by atoms with van der Waals surface area (Å²) in [6.07, 6.45) is 13.2. The van der Waals surface area contributed by atoms with Crippen LogP contribution in [0, 0.1) is 0 Å². The van der Waals surface area contributed by atoms with Crippen molar-refractivity contribution < 1.29 is 4.79 Å². The molecule has 0 bridgehead atoms. The summed E-state index contributed by atoms with van der Waals surface area (Å²) in [4.78, 5) is 30.9. The lowest BCUT2D eigenvalue weighted by Gasteiger charge is -2.24. The number of carbonyl (C=O) groups excluding carboxylic acids is 1. The molecule has 0 radical (unpaired) electrons. The fourth-order valence-electron chi connectivity index (χ4n) is 4.48. The van der Waals surface area contributed by atoms with E-state index in [-0.39, 0.29) is 11.9 Å². The Bertz CT molecular complexity index is 995. The summed E-state index contributed by atoms with van der Waals surface area (Å²) in [5.41, 5.74) is 2.84. The van der Waals surface area contributed by atoms with E-state index < -0.39 is 0 Å². The molecular weight excluding hydrogens is 376 g/mol. The molecule has 4 heterocycles. The molecule has 0 saturated carbocycles. The van der Waals surface area contributed by atoms with E-state index in [1.807, 2.05) is 27.8 Å². The molecule has 1 amide bonds. The average Bonchev–Trinajstić information content (AvgIpc) is 3.56. The highest BCUT2D eigenvalue weighted by Gasteiger charge is 2.32. The van der Waals surface area contributed by atoms with Crippen LogP contribution in [0.1, 0.15) is 53.3 Å². The lowest BCUT2D eigenvalue weighted by Crippen LogP contribution is -2.31. The lowest BCUT2D eigenvalue weighted by atomic mass is 10.1. The quantitative estimate of drug-likeness (QED) is 0.655. The molecule has 1 aromatic carbocycles. The van der Waals surface area contributed by atoms with Gasteiger partial charge < -0.3 is 4.90 Å². The minimum absolute atomic E-state index is 0.0438. The van der Waals surface area contributed by atoms with Crippen LogP contribution >= 0.6 is 0 Å². The first kappa shape index (κ1) is 18.9. The smallest absolute Gasteiger partial charge is 0.254 e. The van der Waals surface area contributed by atoms with Crippen LogP contribution in [0.15, 0.2) is 55.4 Å². The molecule has 7 heteroatoms. The van der Waals surface area contributed by atoms with E-state index in [4.69, 9.17) is 4.98 Å². The maximum atomic E-state index is 13.3. The summed E-state index contributed by atoms with van der Waals surface area (Å²) >= 11 is 0. The first-order chi connectivity index (χ1) is 14.8. The van der Waals surface area contributed by atoms with E-state index in [1.54, 1.807) is 24.9 Å². The summed E-state index contributed by atoms with van der Waals surface area (Å²) in [7, 11) is 0. The van der Waals surface area contributed by atoms with Gasteiger partial charge >= 0.3 is 0 Å². The Morgan fingerprint density at radius 2 is 1.83 bits per heavy atom. The van der Waals surface area contributed by atoms with E-state index in [9.17, 15) is 4.79 Å². The van der Waals surface area contributed by atoms with Crippen LogP contribution in [-0.4, -0.2) is 54.9 Å². The number of benzene rings is 1. The third-order valence-corrected chi connectivity index (χ3v) is 6.07. The largest absolute Gasteiger partial charge is 0.330 e. The van der Waals surface area contributed by atoms with Crippen molar-refractivity contribution in [3.63, 3.8) is 0 Å². The van der Waals surface area contributed by atoms with Gasteiger partial charge in [0.05, 0.1) is 24.1 Å². The molecule has 2 aliphatic rings. The number of amides is 1. The van der Waals surface area contributed by atoms with Crippen LogP contribution in [0.4, 0.5) is 0 Å². The zero-order chi connectivity index (χ0) is 20.3. The summed E-state index contributed by atoms with van der Waals surface area (Å²) in [6.45, 7) is 4.07. The molecule has 2 fully saturated rings. The Morgan fingerprint density at radius 1 is 1.00 bits per heavy atom. The van der Waals surface area contributed by atoms with Gasteiger partial charge in [-0.3, -0.25) is 19.2 Å². The number of rotatable bonds is 5. The van der Waals surface area contributed by atoms with Gasteiger partial charge in [0.25, 0.3) is 5.91 Å². The second-order valence-electron chi connectivity index (χ2n) is 8.11. The fourth-order valence-corrected chi connectivity index (χ4v) is 4.48. The van der Waals surface area contributed by atoms with E-state index >= 15 is 0 Å². The van der Waals surface area contributed by atoms with Gasteiger partial charge in [0.2, 0.25) is 0 Å². The molecule has 7 nitrogen and oxygen atoms in total. The Labute approximate surface area is 176 Å². The second-order valence-corrected chi connectivity index (χ2v) is 8.11. The van der Waals surface area contributed by atoms with E-state index in [0.717, 1.165) is 43.0 Å². The van der Waals surface area contributed by atoms with Crippen LogP contribution in [0.3, 0.4) is 0 Å². The minimum Gasteiger partial charge on any atom is -0.330 e. The van der Waals surface area contributed by atoms with E-state index in [2.05, 4.69) is 27.0 Å².